The van der Waals surface area contributed by atoms with Gasteiger partial charge in [0.25, 0.3) is 5.69 Å². The van der Waals surface area contributed by atoms with Gasteiger partial charge in [-0.2, -0.15) is 0 Å². The van der Waals surface area contributed by atoms with E-state index >= 15 is 0 Å². The Morgan fingerprint density at radius 1 is 1.42 bits per heavy atom. The second-order valence-electron chi connectivity index (χ2n) is 4.79. The number of non-ortho nitro benzene ring substituents is 1. The standard InChI is InChI=1S/C13H13N3O3/c1-8-4-10-11(5-14-8)13(16(18)19)3-2-12(10)15-6-9(17)7-15/h2-5,9,17H,6-7H2,1H3. The summed E-state index contributed by atoms with van der Waals surface area (Å²) in [5, 5.41) is 21.8. The van der Waals surface area contributed by atoms with E-state index in [0.29, 0.717) is 18.5 Å². The highest BCUT2D eigenvalue weighted by atomic mass is 16.6. The van der Waals surface area contributed by atoms with Gasteiger partial charge in [0.1, 0.15) is 0 Å². The zero-order valence-electron chi connectivity index (χ0n) is 10.4. The first-order valence-electron chi connectivity index (χ1n) is 6.03. The molecule has 6 nitrogen and oxygen atoms in total. The molecule has 1 saturated heterocycles. The molecule has 19 heavy (non-hydrogen) atoms. The summed E-state index contributed by atoms with van der Waals surface area (Å²) in [6.45, 7) is 2.98. The molecule has 0 aliphatic carbocycles. The minimum Gasteiger partial charge on any atom is -0.389 e. The maximum atomic E-state index is 11.0. The van der Waals surface area contributed by atoms with Gasteiger partial charge in [0, 0.05) is 42.1 Å². The van der Waals surface area contributed by atoms with Crippen molar-refractivity contribution in [3.63, 3.8) is 0 Å². The number of hydrogen-bond donors (Lipinski definition) is 1. The lowest BCUT2D eigenvalue weighted by Gasteiger charge is -2.38. The highest BCUT2D eigenvalue weighted by Crippen LogP contribution is 2.35. The number of nitrogens with zero attached hydrogens (tertiary/aromatic N) is 3. The van der Waals surface area contributed by atoms with Gasteiger partial charge in [0.2, 0.25) is 0 Å². The molecule has 0 bridgehead atoms. The molecule has 0 unspecified atom stereocenters. The third-order valence-electron chi connectivity index (χ3n) is 3.39. The van der Waals surface area contributed by atoms with E-state index in [2.05, 4.69) is 4.98 Å². The Bertz CT molecular complexity index is 665. The molecule has 0 amide bonds. The highest BCUT2D eigenvalue weighted by Gasteiger charge is 2.27. The molecule has 0 atom stereocenters. The van der Waals surface area contributed by atoms with Crippen LogP contribution in [0.2, 0.25) is 0 Å². The van der Waals surface area contributed by atoms with Crippen molar-refractivity contribution in [2.75, 3.05) is 18.0 Å². The molecular formula is C13H13N3O3. The zero-order chi connectivity index (χ0) is 13.6. The third kappa shape index (κ3) is 1.90. The Hall–Kier alpha value is -2.21. The lowest BCUT2D eigenvalue weighted by atomic mass is 10.0. The van der Waals surface area contributed by atoms with Crippen LogP contribution in [0.1, 0.15) is 5.69 Å². The van der Waals surface area contributed by atoms with E-state index in [1.807, 2.05) is 17.9 Å². The Balaban J connectivity index is 2.21. The molecule has 0 spiro atoms. The average Bonchev–Trinajstić information content (AvgIpc) is 2.33. The van der Waals surface area contributed by atoms with E-state index in [1.54, 1.807) is 12.3 Å². The van der Waals surface area contributed by atoms with Crippen LogP contribution in [0.15, 0.2) is 24.4 Å². The lowest BCUT2D eigenvalue weighted by Crippen LogP contribution is -2.50. The van der Waals surface area contributed by atoms with Gasteiger partial charge in [-0.15, -0.1) is 0 Å². The molecule has 1 fully saturated rings. The SMILES string of the molecule is Cc1cc2c(N3CC(O)C3)ccc([N+](=O)[O-])c2cn1. The largest absolute Gasteiger partial charge is 0.389 e. The van der Waals surface area contributed by atoms with Crippen LogP contribution in [0.3, 0.4) is 0 Å². The molecule has 98 valence electrons. The highest BCUT2D eigenvalue weighted by molar-refractivity contribution is 6.00. The van der Waals surface area contributed by atoms with Crippen molar-refractivity contribution in [3.8, 4) is 0 Å². The van der Waals surface area contributed by atoms with Crippen molar-refractivity contribution >= 4 is 22.1 Å². The van der Waals surface area contributed by atoms with Crippen molar-refractivity contribution < 1.29 is 10.0 Å². The molecule has 1 aromatic carbocycles. The van der Waals surface area contributed by atoms with Crippen LogP contribution in [-0.4, -0.2) is 34.2 Å². The van der Waals surface area contributed by atoms with Crippen LogP contribution in [0.5, 0.6) is 0 Å². The molecule has 2 heterocycles. The molecule has 1 aliphatic heterocycles. The first kappa shape index (κ1) is 11.9. The maximum absolute atomic E-state index is 11.0. The zero-order valence-corrected chi connectivity index (χ0v) is 10.4. The average molecular weight is 259 g/mol. The first-order chi connectivity index (χ1) is 9.06. The van der Waals surface area contributed by atoms with Crippen LogP contribution < -0.4 is 4.90 Å². The smallest absolute Gasteiger partial charge is 0.278 e. The number of anilines is 1. The predicted octanol–water partition coefficient (Wildman–Crippen LogP) is 1.63. The Morgan fingerprint density at radius 3 is 2.79 bits per heavy atom. The van der Waals surface area contributed by atoms with E-state index in [-0.39, 0.29) is 11.8 Å². The van der Waals surface area contributed by atoms with E-state index < -0.39 is 4.92 Å². The van der Waals surface area contributed by atoms with E-state index in [9.17, 15) is 15.2 Å². The topological polar surface area (TPSA) is 79.5 Å². The summed E-state index contributed by atoms with van der Waals surface area (Å²) >= 11 is 0. The molecule has 1 N–H and O–H groups in total. The van der Waals surface area contributed by atoms with Crippen molar-refractivity contribution in [2.24, 2.45) is 0 Å². The second kappa shape index (κ2) is 4.17. The molecule has 3 rings (SSSR count). The fourth-order valence-electron chi connectivity index (χ4n) is 2.40. The quantitative estimate of drug-likeness (QED) is 0.655. The number of pyridine rings is 1. The van der Waals surface area contributed by atoms with Crippen molar-refractivity contribution in [1.29, 1.82) is 0 Å². The summed E-state index contributed by atoms with van der Waals surface area (Å²) in [5.74, 6) is 0. The Morgan fingerprint density at radius 2 is 2.16 bits per heavy atom. The molecule has 0 saturated carbocycles. The number of nitro groups is 1. The summed E-state index contributed by atoms with van der Waals surface area (Å²) in [7, 11) is 0. The van der Waals surface area contributed by atoms with Crippen molar-refractivity contribution in [3.05, 3.63) is 40.2 Å². The summed E-state index contributed by atoms with van der Waals surface area (Å²) in [4.78, 5) is 16.8. The van der Waals surface area contributed by atoms with E-state index in [1.165, 1.54) is 6.07 Å². The fourth-order valence-corrected chi connectivity index (χ4v) is 2.40. The number of rotatable bonds is 2. The van der Waals surface area contributed by atoms with Crippen molar-refractivity contribution in [2.45, 2.75) is 13.0 Å². The van der Waals surface area contributed by atoms with Crippen LogP contribution in [0, 0.1) is 17.0 Å². The molecule has 2 aromatic rings. The van der Waals surface area contributed by atoms with Gasteiger partial charge >= 0.3 is 0 Å². The fraction of sp³-hybridized carbons (Fsp3) is 0.308. The number of aryl methyl sites for hydroxylation is 1. The van der Waals surface area contributed by atoms with Gasteiger partial charge in [-0.3, -0.25) is 15.1 Å². The van der Waals surface area contributed by atoms with Crippen molar-refractivity contribution in [1.82, 2.24) is 4.98 Å². The number of nitro benzene ring substituents is 1. The summed E-state index contributed by atoms with van der Waals surface area (Å²) in [6, 6.07) is 5.09. The van der Waals surface area contributed by atoms with Gasteiger partial charge in [-0.25, -0.2) is 0 Å². The minimum absolute atomic E-state index is 0.0623. The number of benzene rings is 1. The summed E-state index contributed by atoms with van der Waals surface area (Å²) < 4.78 is 0. The number of hydrogen-bond acceptors (Lipinski definition) is 5. The molecular weight excluding hydrogens is 246 g/mol. The molecule has 1 aliphatic rings. The van der Waals surface area contributed by atoms with Gasteiger partial charge < -0.3 is 10.0 Å². The molecule has 1 aromatic heterocycles. The number of β-amino-alcohol motifs (C(OH)–C–C–N with tert-alkyl or cyclic N) is 1. The number of aliphatic hydroxyl groups excluding tert-OH is 1. The van der Waals surface area contributed by atoms with Crippen LogP contribution in [-0.2, 0) is 0 Å². The molecule has 6 heteroatoms. The summed E-state index contributed by atoms with van der Waals surface area (Å²) in [6.07, 6.45) is 1.23. The monoisotopic (exact) mass is 259 g/mol. The predicted molar refractivity (Wildman–Crippen MR) is 71.4 cm³/mol. The second-order valence-corrected chi connectivity index (χ2v) is 4.79. The maximum Gasteiger partial charge on any atom is 0.278 e. The van der Waals surface area contributed by atoms with Gasteiger partial charge in [0.15, 0.2) is 0 Å². The van der Waals surface area contributed by atoms with E-state index in [4.69, 9.17) is 0 Å². The molecule has 0 radical (unpaired) electrons. The van der Waals surface area contributed by atoms with Crippen LogP contribution >= 0.6 is 0 Å². The number of fused-ring (bicyclic) bond motifs is 1. The third-order valence-corrected chi connectivity index (χ3v) is 3.39. The van der Waals surface area contributed by atoms with Gasteiger partial charge in [-0.1, -0.05) is 0 Å². The number of aromatic nitrogens is 1. The Labute approximate surface area is 109 Å². The Kier molecular flexibility index (Phi) is 2.60. The van der Waals surface area contributed by atoms with Gasteiger partial charge in [-0.05, 0) is 19.1 Å². The summed E-state index contributed by atoms with van der Waals surface area (Å²) in [5.41, 5.74) is 1.79. The van der Waals surface area contributed by atoms with Crippen LogP contribution in [0.25, 0.3) is 10.8 Å². The first-order valence-corrected chi connectivity index (χ1v) is 6.03. The minimum atomic E-state index is -0.395. The lowest BCUT2D eigenvalue weighted by molar-refractivity contribution is -0.383. The normalized spacial score (nSPS) is 15.6. The van der Waals surface area contributed by atoms with E-state index in [0.717, 1.165) is 16.8 Å². The van der Waals surface area contributed by atoms with Gasteiger partial charge in [0.05, 0.1) is 16.4 Å². The van der Waals surface area contributed by atoms with Crippen LogP contribution in [0.4, 0.5) is 11.4 Å². The number of aliphatic hydroxyl groups is 1.